The van der Waals surface area contributed by atoms with Gasteiger partial charge in [-0.3, -0.25) is 9.69 Å². The zero-order chi connectivity index (χ0) is 21.5. The van der Waals surface area contributed by atoms with Gasteiger partial charge in [0.25, 0.3) is 0 Å². The average Bonchev–Trinajstić information content (AvgIpc) is 3.08. The number of hydrogen-bond donors (Lipinski definition) is 0. The lowest BCUT2D eigenvalue weighted by molar-refractivity contribution is -0.119. The van der Waals surface area contributed by atoms with Crippen molar-refractivity contribution < 1.29 is 4.79 Å². The minimum absolute atomic E-state index is 0.0841. The van der Waals surface area contributed by atoms with Gasteiger partial charge in [0.2, 0.25) is 5.91 Å². The fourth-order valence-corrected chi connectivity index (χ4v) is 5.34. The SMILES string of the molecule is CCCCCCC1C(=O)N(CCC2CCN(Cc3ccccc3)CC2)c2ccccc21. The van der Waals surface area contributed by atoms with Gasteiger partial charge in [-0.2, -0.15) is 0 Å². The summed E-state index contributed by atoms with van der Waals surface area (Å²) in [6, 6.07) is 19.3. The van der Waals surface area contributed by atoms with E-state index in [0.717, 1.165) is 38.3 Å². The second kappa shape index (κ2) is 10.9. The normalized spacial score (nSPS) is 19.7. The highest BCUT2D eigenvalue weighted by atomic mass is 16.2. The fraction of sp³-hybridized carbons (Fsp3) is 0.536. The number of anilines is 1. The summed E-state index contributed by atoms with van der Waals surface area (Å²) in [6.07, 6.45) is 9.54. The molecular weight excluding hydrogens is 380 g/mol. The van der Waals surface area contributed by atoms with Crippen LogP contribution in [-0.4, -0.2) is 30.4 Å². The zero-order valence-electron chi connectivity index (χ0n) is 19.1. The fourth-order valence-electron chi connectivity index (χ4n) is 5.34. The van der Waals surface area contributed by atoms with Crippen molar-refractivity contribution in [3.8, 4) is 0 Å². The molecule has 1 atom stereocenters. The third kappa shape index (κ3) is 5.57. The van der Waals surface area contributed by atoms with Gasteiger partial charge in [0.05, 0.1) is 5.92 Å². The molecule has 0 N–H and O–H groups in total. The molecule has 2 aromatic rings. The molecule has 1 amide bonds. The van der Waals surface area contributed by atoms with Crippen molar-refractivity contribution in [2.75, 3.05) is 24.5 Å². The molecule has 166 valence electrons. The summed E-state index contributed by atoms with van der Waals surface area (Å²) in [4.78, 5) is 18.0. The van der Waals surface area contributed by atoms with Crippen molar-refractivity contribution in [3.05, 3.63) is 65.7 Å². The maximum atomic E-state index is 13.3. The lowest BCUT2D eigenvalue weighted by Crippen LogP contribution is -2.36. The maximum Gasteiger partial charge on any atom is 0.234 e. The zero-order valence-corrected chi connectivity index (χ0v) is 19.1. The summed E-state index contributed by atoms with van der Waals surface area (Å²) in [5, 5.41) is 0. The Morgan fingerprint density at radius 2 is 1.61 bits per heavy atom. The first-order valence-electron chi connectivity index (χ1n) is 12.4. The minimum Gasteiger partial charge on any atom is -0.312 e. The molecule has 0 aromatic heterocycles. The standard InChI is InChI=1S/C28H38N2O/c1-2-3-4-8-14-26-25-13-9-10-15-27(25)30(28(26)31)21-18-23-16-19-29(20-17-23)22-24-11-6-5-7-12-24/h5-7,9-13,15,23,26H,2-4,8,14,16-22H2,1H3. The van der Waals surface area contributed by atoms with Crippen LogP contribution in [0.3, 0.4) is 0 Å². The number of amides is 1. The van der Waals surface area contributed by atoms with E-state index in [1.54, 1.807) is 0 Å². The summed E-state index contributed by atoms with van der Waals surface area (Å²) in [6.45, 7) is 6.52. The number of hydrogen-bond acceptors (Lipinski definition) is 2. The van der Waals surface area contributed by atoms with Gasteiger partial charge < -0.3 is 4.90 Å². The van der Waals surface area contributed by atoms with Crippen molar-refractivity contribution in [3.63, 3.8) is 0 Å². The number of benzene rings is 2. The molecule has 2 aromatic carbocycles. The number of fused-ring (bicyclic) bond motifs is 1. The Labute approximate surface area is 188 Å². The first-order chi connectivity index (χ1) is 15.3. The molecule has 1 fully saturated rings. The Bertz CT molecular complexity index is 826. The van der Waals surface area contributed by atoms with Crippen LogP contribution in [0.25, 0.3) is 0 Å². The molecule has 2 heterocycles. The van der Waals surface area contributed by atoms with Crippen LogP contribution in [0, 0.1) is 5.92 Å². The summed E-state index contributed by atoms with van der Waals surface area (Å²) >= 11 is 0. The van der Waals surface area contributed by atoms with E-state index in [9.17, 15) is 4.79 Å². The predicted octanol–water partition coefficient (Wildman–Crippen LogP) is 6.39. The Hall–Kier alpha value is -2.13. The first-order valence-corrected chi connectivity index (χ1v) is 12.4. The van der Waals surface area contributed by atoms with Crippen molar-refractivity contribution in [1.29, 1.82) is 0 Å². The second-order valence-corrected chi connectivity index (χ2v) is 9.44. The van der Waals surface area contributed by atoms with Crippen LogP contribution in [0.5, 0.6) is 0 Å². The van der Waals surface area contributed by atoms with Gasteiger partial charge in [-0.15, -0.1) is 0 Å². The average molecular weight is 419 g/mol. The number of carbonyl (C=O) groups is 1. The largest absolute Gasteiger partial charge is 0.312 e. The summed E-state index contributed by atoms with van der Waals surface area (Å²) in [5.74, 6) is 1.16. The quantitative estimate of drug-likeness (QED) is 0.417. The van der Waals surface area contributed by atoms with Crippen LogP contribution >= 0.6 is 0 Å². The Balaban J connectivity index is 1.28. The van der Waals surface area contributed by atoms with E-state index in [1.807, 2.05) is 0 Å². The van der Waals surface area contributed by atoms with Gasteiger partial charge in [0.15, 0.2) is 0 Å². The number of carbonyl (C=O) groups excluding carboxylic acids is 1. The van der Waals surface area contributed by atoms with Gasteiger partial charge in [0.1, 0.15) is 0 Å². The number of piperidine rings is 1. The van der Waals surface area contributed by atoms with Crippen LogP contribution in [0.15, 0.2) is 54.6 Å². The monoisotopic (exact) mass is 418 g/mol. The van der Waals surface area contributed by atoms with E-state index >= 15 is 0 Å². The van der Waals surface area contributed by atoms with Gasteiger partial charge in [-0.05, 0) is 61.9 Å². The smallest absolute Gasteiger partial charge is 0.234 e. The van der Waals surface area contributed by atoms with E-state index in [2.05, 4.69) is 71.3 Å². The van der Waals surface area contributed by atoms with Gasteiger partial charge in [0, 0.05) is 18.8 Å². The van der Waals surface area contributed by atoms with Crippen molar-refractivity contribution in [2.45, 2.75) is 70.8 Å². The first kappa shape index (κ1) is 22.1. The molecule has 3 nitrogen and oxygen atoms in total. The molecule has 0 radical (unpaired) electrons. The Morgan fingerprint density at radius 1 is 0.871 bits per heavy atom. The van der Waals surface area contributed by atoms with E-state index in [-0.39, 0.29) is 5.92 Å². The molecule has 0 spiro atoms. The van der Waals surface area contributed by atoms with Crippen LogP contribution in [0.4, 0.5) is 5.69 Å². The Morgan fingerprint density at radius 3 is 2.39 bits per heavy atom. The number of rotatable bonds is 10. The molecule has 2 aliphatic rings. The highest BCUT2D eigenvalue weighted by Crippen LogP contribution is 2.40. The molecule has 1 unspecified atom stereocenters. The van der Waals surface area contributed by atoms with Crippen molar-refractivity contribution in [1.82, 2.24) is 4.90 Å². The molecule has 1 saturated heterocycles. The van der Waals surface area contributed by atoms with E-state index < -0.39 is 0 Å². The maximum absolute atomic E-state index is 13.3. The van der Waals surface area contributed by atoms with Crippen molar-refractivity contribution in [2.24, 2.45) is 5.92 Å². The minimum atomic E-state index is 0.0841. The molecule has 4 rings (SSSR count). The summed E-state index contributed by atoms with van der Waals surface area (Å²) in [5.41, 5.74) is 3.85. The third-order valence-corrected chi connectivity index (χ3v) is 7.23. The lowest BCUT2D eigenvalue weighted by Gasteiger charge is -2.33. The molecule has 3 heteroatoms. The van der Waals surface area contributed by atoms with Crippen molar-refractivity contribution >= 4 is 11.6 Å². The molecule has 0 bridgehead atoms. The topological polar surface area (TPSA) is 23.6 Å². The van der Waals surface area contributed by atoms with E-state index in [1.165, 1.54) is 62.0 Å². The second-order valence-electron chi connectivity index (χ2n) is 9.44. The van der Waals surface area contributed by atoms with Crippen LogP contribution in [-0.2, 0) is 11.3 Å². The molecular formula is C28H38N2O. The number of unbranched alkanes of at least 4 members (excludes halogenated alkanes) is 3. The summed E-state index contributed by atoms with van der Waals surface area (Å²) < 4.78 is 0. The number of likely N-dealkylation sites (tertiary alicyclic amines) is 1. The van der Waals surface area contributed by atoms with Gasteiger partial charge in [-0.1, -0.05) is 81.1 Å². The van der Waals surface area contributed by atoms with Crippen LogP contribution < -0.4 is 4.90 Å². The highest BCUT2D eigenvalue weighted by Gasteiger charge is 2.36. The molecule has 31 heavy (non-hydrogen) atoms. The molecule has 2 aliphatic heterocycles. The number of para-hydroxylation sites is 1. The lowest BCUT2D eigenvalue weighted by atomic mass is 9.93. The highest BCUT2D eigenvalue weighted by molar-refractivity contribution is 6.04. The number of nitrogens with zero attached hydrogens (tertiary/aromatic N) is 2. The van der Waals surface area contributed by atoms with E-state index in [4.69, 9.17) is 0 Å². The van der Waals surface area contributed by atoms with Crippen LogP contribution in [0.1, 0.15) is 75.3 Å². The Kier molecular flexibility index (Phi) is 7.80. The third-order valence-electron chi connectivity index (χ3n) is 7.23. The van der Waals surface area contributed by atoms with Gasteiger partial charge in [-0.25, -0.2) is 0 Å². The summed E-state index contributed by atoms with van der Waals surface area (Å²) in [7, 11) is 0. The van der Waals surface area contributed by atoms with Gasteiger partial charge >= 0.3 is 0 Å². The molecule has 0 saturated carbocycles. The van der Waals surface area contributed by atoms with E-state index in [0.29, 0.717) is 5.91 Å². The molecule has 0 aliphatic carbocycles. The predicted molar refractivity (Wildman–Crippen MR) is 129 cm³/mol. The van der Waals surface area contributed by atoms with Crippen LogP contribution in [0.2, 0.25) is 0 Å².